The molecule has 10 nitrogen and oxygen atoms in total. The van der Waals surface area contributed by atoms with Crippen molar-refractivity contribution in [1.29, 1.82) is 0 Å². The van der Waals surface area contributed by atoms with E-state index >= 15 is 0 Å². The fraction of sp³-hybridized carbons (Fsp3) is 0.517. The third-order valence-corrected chi connectivity index (χ3v) is 9.04. The first-order chi connectivity index (χ1) is 19.0. The van der Waals surface area contributed by atoms with Crippen LogP contribution in [0.15, 0.2) is 59.5 Å². The molecule has 1 unspecified atom stereocenters. The monoisotopic (exact) mass is 575 g/mol. The van der Waals surface area contributed by atoms with E-state index < -0.39 is 34.3 Å². The van der Waals surface area contributed by atoms with Crippen molar-refractivity contribution in [1.82, 2.24) is 9.21 Å². The topological polar surface area (TPSA) is 137 Å². The number of aliphatic hydroxyl groups excluding tert-OH is 1. The lowest BCUT2D eigenvalue weighted by Gasteiger charge is -2.41. The quantitative estimate of drug-likeness (QED) is 0.341. The molecule has 1 aliphatic rings. The van der Waals surface area contributed by atoms with Crippen LogP contribution in [-0.4, -0.2) is 86.2 Å². The highest BCUT2D eigenvalue weighted by atomic mass is 32.2. The maximum atomic E-state index is 13.8. The van der Waals surface area contributed by atoms with Gasteiger partial charge in [-0.05, 0) is 61.9 Å². The van der Waals surface area contributed by atoms with Crippen molar-refractivity contribution in [2.24, 2.45) is 5.92 Å². The number of sulfonamides is 1. The van der Waals surface area contributed by atoms with E-state index in [9.17, 15) is 28.2 Å². The Kier molecular flexibility index (Phi) is 11.5. The highest BCUT2D eigenvalue weighted by molar-refractivity contribution is 7.89. The second-order valence-electron chi connectivity index (χ2n) is 10.4. The molecule has 4 atom stereocenters. The van der Waals surface area contributed by atoms with Crippen LogP contribution >= 0.6 is 0 Å². The van der Waals surface area contributed by atoms with Crippen LogP contribution in [0.1, 0.15) is 38.7 Å². The molecule has 0 bridgehead atoms. The molecule has 1 fully saturated rings. The van der Waals surface area contributed by atoms with E-state index in [1.807, 2.05) is 37.3 Å². The van der Waals surface area contributed by atoms with Gasteiger partial charge in [0.05, 0.1) is 36.8 Å². The van der Waals surface area contributed by atoms with Crippen LogP contribution in [0, 0.1) is 5.92 Å². The van der Waals surface area contributed by atoms with Gasteiger partial charge < -0.3 is 34.2 Å². The molecule has 0 aromatic heterocycles. The standard InChI is InChI=1S/C29H40N2O8S/c1-21(9-10-22(2)32)18-30(40(36,37)26-13-11-25(38-3)12-14-26)19-28(33)27(17-23-7-5-4-6-8-23)31(29(34)35)24-15-16-39-20-24/h4-8,11-14,21,24,27-28,33H,9-10,15-20H2,1-3H3,(H,34,35)/p-1/t21?,24-,27-,28+/m0/s1. The summed E-state index contributed by atoms with van der Waals surface area (Å²) in [6.07, 6.45) is -1.46. The highest BCUT2D eigenvalue weighted by Gasteiger charge is 2.37. The zero-order valence-corrected chi connectivity index (χ0v) is 24.1. The number of methoxy groups -OCH3 is 1. The van der Waals surface area contributed by atoms with Crippen LogP contribution in [-0.2, 0) is 26.0 Å². The summed E-state index contributed by atoms with van der Waals surface area (Å²) in [4.78, 5) is 25.1. The number of carbonyl (C=O) groups excluding carboxylic acids is 2. The van der Waals surface area contributed by atoms with Crippen molar-refractivity contribution in [2.75, 3.05) is 33.4 Å². The minimum Gasteiger partial charge on any atom is -0.530 e. The van der Waals surface area contributed by atoms with Gasteiger partial charge in [0, 0.05) is 26.1 Å². The SMILES string of the molecule is COc1ccc(S(=O)(=O)N(CC(C)CCC(C)=O)C[C@@H](O)[C@H](Cc2ccccc2)N(C(=O)[O-])[C@H]2CCOC2)cc1. The first kappa shape index (κ1) is 31.5. The molecule has 1 aliphatic heterocycles. The summed E-state index contributed by atoms with van der Waals surface area (Å²) in [7, 11) is -2.62. The minimum absolute atomic E-state index is 0.00255. The van der Waals surface area contributed by atoms with E-state index in [2.05, 4.69) is 0 Å². The average Bonchev–Trinajstić information content (AvgIpc) is 3.46. The molecular formula is C29H39N2O8S-. The van der Waals surface area contributed by atoms with Crippen LogP contribution in [0.25, 0.3) is 0 Å². The summed E-state index contributed by atoms with van der Waals surface area (Å²) in [6.45, 7) is 3.56. The summed E-state index contributed by atoms with van der Waals surface area (Å²) >= 11 is 0. The lowest BCUT2D eigenvalue weighted by Crippen LogP contribution is -2.59. The van der Waals surface area contributed by atoms with Crippen molar-refractivity contribution in [3.05, 3.63) is 60.2 Å². The van der Waals surface area contributed by atoms with Gasteiger partial charge in [0.1, 0.15) is 17.6 Å². The number of benzene rings is 2. The van der Waals surface area contributed by atoms with Gasteiger partial charge in [-0.1, -0.05) is 37.3 Å². The Bertz CT molecular complexity index is 1200. The van der Waals surface area contributed by atoms with E-state index in [-0.39, 0.29) is 42.7 Å². The molecule has 1 amide bonds. The van der Waals surface area contributed by atoms with Crippen molar-refractivity contribution >= 4 is 21.9 Å². The number of ether oxygens (including phenoxy) is 2. The molecule has 1 N–H and O–H groups in total. The third-order valence-electron chi connectivity index (χ3n) is 7.19. The molecule has 2 aromatic carbocycles. The first-order valence-electron chi connectivity index (χ1n) is 13.5. The van der Waals surface area contributed by atoms with Gasteiger partial charge in [0.2, 0.25) is 10.0 Å². The molecular weight excluding hydrogens is 536 g/mol. The molecule has 1 heterocycles. The van der Waals surface area contributed by atoms with Crippen molar-refractivity contribution in [3.63, 3.8) is 0 Å². The van der Waals surface area contributed by atoms with Gasteiger partial charge in [-0.3, -0.25) is 0 Å². The second-order valence-corrected chi connectivity index (χ2v) is 12.3. The molecule has 0 saturated carbocycles. The number of carbonyl (C=O) groups is 2. The average molecular weight is 576 g/mol. The summed E-state index contributed by atoms with van der Waals surface area (Å²) in [5.74, 6) is 0.298. The van der Waals surface area contributed by atoms with E-state index in [0.29, 0.717) is 31.6 Å². The maximum absolute atomic E-state index is 13.8. The predicted molar refractivity (Wildman–Crippen MR) is 147 cm³/mol. The van der Waals surface area contributed by atoms with E-state index in [1.54, 1.807) is 0 Å². The van der Waals surface area contributed by atoms with Gasteiger partial charge in [0.25, 0.3) is 0 Å². The molecule has 11 heteroatoms. The first-order valence-corrected chi connectivity index (χ1v) is 14.9. The Hall–Kier alpha value is -2.99. The zero-order valence-electron chi connectivity index (χ0n) is 23.3. The van der Waals surface area contributed by atoms with Gasteiger partial charge in [-0.2, -0.15) is 4.31 Å². The van der Waals surface area contributed by atoms with Crippen LogP contribution in [0.3, 0.4) is 0 Å². The zero-order chi connectivity index (χ0) is 29.3. The Morgan fingerprint density at radius 1 is 1.12 bits per heavy atom. The molecule has 2 aromatic rings. The van der Waals surface area contributed by atoms with Gasteiger partial charge in [-0.15, -0.1) is 0 Å². The van der Waals surface area contributed by atoms with Crippen molar-refractivity contribution < 1.29 is 37.7 Å². The van der Waals surface area contributed by atoms with Crippen LogP contribution in [0.2, 0.25) is 0 Å². The number of hydrogen-bond acceptors (Lipinski definition) is 8. The molecule has 0 spiro atoms. The predicted octanol–water partition coefficient (Wildman–Crippen LogP) is 2.10. The number of ketones is 1. The molecule has 3 rings (SSSR count). The van der Waals surface area contributed by atoms with E-state index in [4.69, 9.17) is 9.47 Å². The Balaban J connectivity index is 1.96. The Labute approximate surface area is 236 Å². The van der Waals surface area contributed by atoms with E-state index in [0.717, 1.165) is 10.5 Å². The smallest absolute Gasteiger partial charge is 0.243 e. The van der Waals surface area contributed by atoms with Gasteiger partial charge in [-0.25, -0.2) is 8.42 Å². The maximum Gasteiger partial charge on any atom is 0.243 e. The largest absolute Gasteiger partial charge is 0.530 e. The summed E-state index contributed by atoms with van der Waals surface area (Å²) in [5.41, 5.74) is 0.788. The Morgan fingerprint density at radius 2 is 1.80 bits per heavy atom. The Morgan fingerprint density at radius 3 is 2.35 bits per heavy atom. The van der Waals surface area contributed by atoms with Crippen molar-refractivity contribution in [3.8, 4) is 5.75 Å². The van der Waals surface area contributed by atoms with Gasteiger partial charge >= 0.3 is 0 Å². The molecule has 0 aliphatic carbocycles. The van der Waals surface area contributed by atoms with Crippen LogP contribution in [0.4, 0.5) is 4.79 Å². The molecule has 220 valence electrons. The van der Waals surface area contributed by atoms with Gasteiger partial charge in [0.15, 0.2) is 0 Å². The fourth-order valence-corrected chi connectivity index (χ4v) is 6.54. The number of carboxylic acid groups (broad SMARTS) is 1. The lowest BCUT2D eigenvalue weighted by molar-refractivity contribution is -0.272. The van der Waals surface area contributed by atoms with Crippen LogP contribution in [0.5, 0.6) is 5.75 Å². The summed E-state index contributed by atoms with van der Waals surface area (Å²) in [6, 6.07) is 13.6. The third kappa shape index (κ3) is 8.50. The number of aliphatic hydroxyl groups is 1. The van der Waals surface area contributed by atoms with E-state index in [1.165, 1.54) is 42.6 Å². The fourth-order valence-electron chi connectivity index (χ4n) is 4.96. The number of Topliss-reactive ketones (excluding diaryl/α,β-unsaturated/α-hetero) is 1. The molecule has 40 heavy (non-hydrogen) atoms. The van der Waals surface area contributed by atoms with Crippen molar-refractivity contribution in [2.45, 2.75) is 62.6 Å². The molecule has 1 saturated heterocycles. The lowest BCUT2D eigenvalue weighted by atomic mass is 9.97. The normalized spacial score (nSPS) is 17.8. The highest BCUT2D eigenvalue weighted by Crippen LogP contribution is 2.25. The van der Waals surface area contributed by atoms with Crippen LogP contribution < -0.4 is 9.84 Å². The number of hydrogen-bond donors (Lipinski definition) is 1. The minimum atomic E-state index is -4.10. The number of nitrogens with zero attached hydrogens (tertiary/aromatic N) is 2. The number of amides is 1. The summed E-state index contributed by atoms with van der Waals surface area (Å²) in [5, 5.41) is 24.0. The second kappa shape index (κ2) is 14.6. The number of rotatable bonds is 15. The summed E-state index contributed by atoms with van der Waals surface area (Å²) < 4.78 is 39.4. The molecule has 0 radical (unpaired) electrons.